The molecule has 1 aromatic heterocycles. The number of halogens is 2. The van der Waals surface area contributed by atoms with Crippen molar-refractivity contribution in [3.63, 3.8) is 0 Å². The lowest BCUT2D eigenvalue weighted by atomic mass is 10.2. The highest BCUT2D eigenvalue weighted by Crippen LogP contribution is 2.25. The lowest BCUT2D eigenvalue weighted by Crippen LogP contribution is -2.08. The zero-order chi connectivity index (χ0) is 13.8. The maximum atomic E-state index is 13.5. The van der Waals surface area contributed by atoms with Crippen molar-refractivity contribution in [3.05, 3.63) is 44.8 Å². The molecule has 1 aromatic carbocycles. The van der Waals surface area contributed by atoms with Crippen LogP contribution < -0.4 is 10.6 Å². The summed E-state index contributed by atoms with van der Waals surface area (Å²) in [6.07, 6.45) is 0. The molecule has 100 valence electrons. The summed E-state index contributed by atoms with van der Waals surface area (Å²) in [4.78, 5) is 12.1. The third-order valence-corrected chi connectivity index (χ3v) is 4.35. The van der Waals surface area contributed by atoms with Crippen molar-refractivity contribution in [1.29, 1.82) is 0 Å². The monoisotopic (exact) mass is 342 g/mol. The maximum absolute atomic E-state index is 13.5. The molecule has 2 rings (SSSR count). The van der Waals surface area contributed by atoms with Gasteiger partial charge in [0.2, 0.25) is 5.91 Å². The van der Waals surface area contributed by atoms with Crippen molar-refractivity contribution in [3.8, 4) is 0 Å². The van der Waals surface area contributed by atoms with Crippen LogP contribution in [0.3, 0.4) is 0 Å². The lowest BCUT2D eigenvalue weighted by molar-refractivity contribution is -0.114. The van der Waals surface area contributed by atoms with E-state index >= 15 is 0 Å². The number of rotatable bonds is 4. The van der Waals surface area contributed by atoms with Crippen molar-refractivity contribution in [2.24, 2.45) is 0 Å². The van der Waals surface area contributed by atoms with Crippen LogP contribution in [0.2, 0.25) is 0 Å². The Bertz CT molecular complexity index is 600. The highest BCUT2D eigenvalue weighted by atomic mass is 79.9. The van der Waals surface area contributed by atoms with Gasteiger partial charge < -0.3 is 10.6 Å². The number of nitrogens with one attached hydrogen (secondary N) is 2. The van der Waals surface area contributed by atoms with Gasteiger partial charge in [-0.1, -0.05) is 0 Å². The molecule has 0 aliphatic carbocycles. The minimum Gasteiger partial charge on any atom is -0.380 e. The van der Waals surface area contributed by atoms with Crippen molar-refractivity contribution in [2.45, 2.75) is 13.5 Å². The molecule has 0 aliphatic heterocycles. The van der Waals surface area contributed by atoms with E-state index < -0.39 is 5.82 Å². The molecule has 6 heteroatoms. The molecule has 1 amide bonds. The minimum absolute atomic E-state index is 0.183. The van der Waals surface area contributed by atoms with Crippen LogP contribution in [0.1, 0.15) is 11.8 Å². The van der Waals surface area contributed by atoms with E-state index in [1.54, 1.807) is 23.5 Å². The van der Waals surface area contributed by atoms with Crippen LogP contribution in [0.5, 0.6) is 0 Å². The fraction of sp³-hybridized carbons (Fsp3) is 0.154. The Morgan fingerprint density at radius 2 is 2.21 bits per heavy atom. The van der Waals surface area contributed by atoms with Crippen molar-refractivity contribution in [1.82, 2.24) is 0 Å². The number of benzene rings is 1. The van der Waals surface area contributed by atoms with E-state index in [1.165, 1.54) is 13.0 Å². The standard InChI is InChI=1S/C13H12BrFN2OS/c1-8(18)17-12-6-9(2-3-11(12)15)16-7-13-10(14)4-5-19-13/h2-6,16H,7H2,1H3,(H,17,18). The van der Waals surface area contributed by atoms with Crippen LogP contribution in [0, 0.1) is 5.82 Å². The summed E-state index contributed by atoms with van der Waals surface area (Å²) >= 11 is 5.09. The van der Waals surface area contributed by atoms with Gasteiger partial charge in [-0.25, -0.2) is 4.39 Å². The molecule has 0 atom stereocenters. The Hall–Kier alpha value is -1.40. The first-order valence-corrected chi connectivity index (χ1v) is 7.26. The Kier molecular flexibility index (Phi) is 4.55. The van der Waals surface area contributed by atoms with E-state index in [9.17, 15) is 9.18 Å². The Balaban J connectivity index is 2.08. The molecule has 1 heterocycles. The number of anilines is 2. The molecule has 0 radical (unpaired) electrons. The van der Waals surface area contributed by atoms with E-state index in [2.05, 4.69) is 26.6 Å². The minimum atomic E-state index is -0.446. The van der Waals surface area contributed by atoms with Crippen LogP contribution in [0.4, 0.5) is 15.8 Å². The van der Waals surface area contributed by atoms with Crippen LogP contribution >= 0.6 is 27.3 Å². The van der Waals surface area contributed by atoms with Crippen LogP contribution in [-0.2, 0) is 11.3 Å². The van der Waals surface area contributed by atoms with E-state index in [-0.39, 0.29) is 11.6 Å². The molecule has 0 fully saturated rings. The molecule has 0 bridgehead atoms. The third-order valence-electron chi connectivity index (χ3n) is 2.42. The van der Waals surface area contributed by atoms with Crippen LogP contribution in [0.25, 0.3) is 0 Å². The molecule has 0 saturated carbocycles. The zero-order valence-corrected chi connectivity index (χ0v) is 12.6. The Morgan fingerprint density at radius 3 is 2.84 bits per heavy atom. The third kappa shape index (κ3) is 3.78. The second kappa shape index (κ2) is 6.16. The average Bonchev–Trinajstić information content (AvgIpc) is 2.75. The van der Waals surface area contributed by atoms with Gasteiger partial charge in [-0.3, -0.25) is 4.79 Å². The summed E-state index contributed by atoms with van der Waals surface area (Å²) in [5.41, 5.74) is 0.938. The number of thiophene rings is 1. The highest BCUT2D eigenvalue weighted by Gasteiger charge is 2.06. The second-order valence-corrected chi connectivity index (χ2v) is 5.78. The number of carbonyl (C=O) groups is 1. The van der Waals surface area contributed by atoms with Gasteiger partial charge in [-0.05, 0) is 45.6 Å². The molecule has 0 unspecified atom stereocenters. The zero-order valence-electron chi connectivity index (χ0n) is 10.2. The van der Waals surface area contributed by atoms with Gasteiger partial charge in [0, 0.05) is 22.0 Å². The number of hydrogen-bond donors (Lipinski definition) is 2. The van der Waals surface area contributed by atoms with E-state index in [1.807, 2.05) is 11.4 Å². The molecule has 0 saturated heterocycles. The lowest BCUT2D eigenvalue weighted by Gasteiger charge is -2.09. The molecule has 3 nitrogen and oxygen atoms in total. The Morgan fingerprint density at radius 1 is 1.42 bits per heavy atom. The van der Waals surface area contributed by atoms with Crippen LogP contribution in [0.15, 0.2) is 34.1 Å². The van der Waals surface area contributed by atoms with Gasteiger partial charge in [0.05, 0.1) is 12.2 Å². The van der Waals surface area contributed by atoms with E-state index in [4.69, 9.17) is 0 Å². The topological polar surface area (TPSA) is 41.1 Å². The highest BCUT2D eigenvalue weighted by molar-refractivity contribution is 9.10. The number of amides is 1. The van der Waals surface area contributed by atoms with Gasteiger partial charge in [-0.15, -0.1) is 11.3 Å². The molecule has 19 heavy (non-hydrogen) atoms. The summed E-state index contributed by atoms with van der Waals surface area (Å²) < 4.78 is 14.5. The molecular weight excluding hydrogens is 331 g/mol. The molecule has 2 N–H and O–H groups in total. The van der Waals surface area contributed by atoms with Gasteiger partial charge in [0.25, 0.3) is 0 Å². The quantitative estimate of drug-likeness (QED) is 0.873. The van der Waals surface area contributed by atoms with Crippen LogP contribution in [-0.4, -0.2) is 5.91 Å². The fourth-order valence-electron chi connectivity index (χ4n) is 1.55. The van der Waals surface area contributed by atoms with E-state index in [0.717, 1.165) is 15.0 Å². The predicted molar refractivity (Wildman–Crippen MR) is 80.0 cm³/mol. The largest absolute Gasteiger partial charge is 0.380 e. The van der Waals surface area contributed by atoms with E-state index in [0.29, 0.717) is 6.54 Å². The fourth-order valence-corrected chi connectivity index (χ4v) is 2.99. The first-order chi connectivity index (χ1) is 9.06. The first-order valence-electron chi connectivity index (χ1n) is 5.59. The predicted octanol–water partition coefficient (Wildman–Crippen LogP) is 4.22. The molecule has 0 spiro atoms. The van der Waals surface area contributed by atoms with Gasteiger partial charge in [-0.2, -0.15) is 0 Å². The Labute approximate surface area is 123 Å². The first kappa shape index (κ1) is 14.0. The summed E-state index contributed by atoms with van der Waals surface area (Å²) in [5.74, 6) is -0.741. The van der Waals surface area contributed by atoms with Gasteiger partial charge in [0.1, 0.15) is 5.82 Å². The van der Waals surface area contributed by atoms with Crippen molar-refractivity contribution < 1.29 is 9.18 Å². The normalized spacial score (nSPS) is 10.3. The smallest absolute Gasteiger partial charge is 0.221 e. The van der Waals surface area contributed by atoms with Crippen molar-refractivity contribution in [2.75, 3.05) is 10.6 Å². The molecule has 0 aliphatic rings. The van der Waals surface area contributed by atoms with Gasteiger partial charge in [0.15, 0.2) is 0 Å². The SMILES string of the molecule is CC(=O)Nc1cc(NCc2sccc2Br)ccc1F. The summed E-state index contributed by atoms with van der Waals surface area (Å²) in [7, 11) is 0. The summed E-state index contributed by atoms with van der Waals surface area (Å²) in [6.45, 7) is 1.99. The maximum Gasteiger partial charge on any atom is 0.221 e. The summed E-state index contributed by atoms with van der Waals surface area (Å²) in [6, 6.07) is 6.53. The van der Waals surface area contributed by atoms with Gasteiger partial charge >= 0.3 is 0 Å². The average molecular weight is 343 g/mol. The molecule has 2 aromatic rings. The van der Waals surface area contributed by atoms with Crippen molar-refractivity contribution >= 4 is 44.5 Å². The number of hydrogen-bond acceptors (Lipinski definition) is 3. The number of carbonyl (C=O) groups excluding carboxylic acids is 1. The molecular formula is C13H12BrFN2OS. The second-order valence-electron chi connectivity index (χ2n) is 3.92. The summed E-state index contributed by atoms with van der Waals surface area (Å²) in [5, 5.41) is 7.64.